The van der Waals surface area contributed by atoms with Crippen LogP contribution in [-0.2, 0) is 0 Å². The number of carbonyl (C=O) groups is 1. The van der Waals surface area contributed by atoms with Crippen LogP contribution in [0.4, 0.5) is 0 Å². The third-order valence-corrected chi connectivity index (χ3v) is 3.68. The van der Waals surface area contributed by atoms with Crippen molar-refractivity contribution in [3.8, 4) is 0 Å². The zero-order chi connectivity index (χ0) is 12.3. The van der Waals surface area contributed by atoms with E-state index in [1.54, 1.807) is 12.1 Å². The first-order chi connectivity index (χ1) is 8.16. The maximum absolute atomic E-state index is 11.7. The van der Waals surface area contributed by atoms with Gasteiger partial charge in [-0.2, -0.15) is 0 Å². The number of halogens is 1. The average Bonchev–Trinajstić information content (AvgIpc) is 2.72. The zero-order valence-electron chi connectivity index (χ0n) is 9.41. The molecular formula is C12H15ClN2O2. The molecule has 1 aromatic rings. The predicted molar refractivity (Wildman–Crippen MR) is 66.4 cm³/mol. The molecule has 17 heavy (non-hydrogen) atoms. The standard InChI is InChI=1S/C12H15ClN2O2/c13-9-4-1-3-8(9)7-14-12(17)10-5-2-6-11(16)15-10/h2,5-6,8-9H,1,3-4,7H2,(H,14,17)(H,15,16). The van der Waals surface area contributed by atoms with Gasteiger partial charge in [-0.15, -0.1) is 11.6 Å². The molecule has 1 heterocycles. The summed E-state index contributed by atoms with van der Waals surface area (Å²) in [6.07, 6.45) is 3.20. The zero-order valence-corrected chi connectivity index (χ0v) is 10.2. The van der Waals surface area contributed by atoms with E-state index in [1.807, 2.05) is 0 Å². The van der Waals surface area contributed by atoms with Gasteiger partial charge in [-0.25, -0.2) is 0 Å². The minimum atomic E-state index is -0.270. The average molecular weight is 255 g/mol. The molecule has 0 aromatic carbocycles. The van der Waals surface area contributed by atoms with Crippen LogP contribution in [0.2, 0.25) is 0 Å². The molecule has 4 nitrogen and oxygen atoms in total. The second-order valence-corrected chi connectivity index (χ2v) is 4.91. The van der Waals surface area contributed by atoms with Crippen molar-refractivity contribution in [1.29, 1.82) is 0 Å². The number of hydrogen-bond acceptors (Lipinski definition) is 2. The van der Waals surface area contributed by atoms with Crippen LogP contribution in [0.15, 0.2) is 23.0 Å². The van der Waals surface area contributed by atoms with Crippen LogP contribution >= 0.6 is 11.6 Å². The fourth-order valence-corrected chi connectivity index (χ4v) is 2.49. The van der Waals surface area contributed by atoms with Crippen molar-refractivity contribution in [3.63, 3.8) is 0 Å². The number of H-pyrrole nitrogens is 1. The summed E-state index contributed by atoms with van der Waals surface area (Å²) in [5, 5.41) is 2.96. The lowest BCUT2D eigenvalue weighted by atomic mass is 10.1. The summed E-state index contributed by atoms with van der Waals surface area (Å²) in [6, 6.07) is 4.53. The fourth-order valence-electron chi connectivity index (χ4n) is 2.12. The summed E-state index contributed by atoms with van der Waals surface area (Å²) in [4.78, 5) is 25.3. The number of aromatic nitrogens is 1. The summed E-state index contributed by atoms with van der Waals surface area (Å²) >= 11 is 6.12. The molecule has 2 rings (SSSR count). The SMILES string of the molecule is O=C(NCC1CCCC1Cl)c1cccc(=O)[nH]1. The van der Waals surface area contributed by atoms with E-state index in [2.05, 4.69) is 10.3 Å². The molecule has 1 saturated carbocycles. The number of carbonyl (C=O) groups excluding carboxylic acids is 1. The number of rotatable bonds is 3. The molecule has 0 radical (unpaired) electrons. The molecule has 0 spiro atoms. The fraction of sp³-hybridized carbons (Fsp3) is 0.500. The first kappa shape index (κ1) is 12.2. The van der Waals surface area contributed by atoms with E-state index in [0.717, 1.165) is 19.3 Å². The molecule has 0 bridgehead atoms. The van der Waals surface area contributed by atoms with E-state index in [9.17, 15) is 9.59 Å². The van der Waals surface area contributed by atoms with Gasteiger partial charge in [-0.05, 0) is 24.8 Å². The number of nitrogens with one attached hydrogen (secondary N) is 2. The monoisotopic (exact) mass is 254 g/mol. The van der Waals surface area contributed by atoms with E-state index < -0.39 is 0 Å². The van der Waals surface area contributed by atoms with Crippen LogP contribution in [0.25, 0.3) is 0 Å². The first-order valence-corrected chi connectivity index (χ1v) is 6.22. The smallest absolute Gasteiger partial charge is 0.267 e. The Balaban J connectivity index is 1.91. The van der Waals surface area contributed by atoms with Gasteiger partial charge in [0.25, 0.3) is 5.91 Å². The summed E-state index contributed by atoms with van der Waals surface area (Å²) in [5.74, 6) is 0.0921. The van der Waals surface area contributed by atoms with Gasteiger partial charge in [-0.1, -0.05) is 12.5 Å². The summed E-state index contributed by atoms with van der Waals surface area (Å²) in [7, 11) is 0. The van der Waals surface area contributed by atoms with Crippen molar-refractivity contribution in [3.05, 3.63) is 34.2 Å². The molecule has 92 valence electrons. The third kappa shape index (κ3) is 3.09. The largest absolute Gasteiger partial charge is 0.350 e. The molecule has 1 aliphatic rings. The molecular weight excluding hydrogens is 240 g/mol. The maximum Gasteiger partial charge on any atom is 0.267 e. The Morgan fingerprint density at radius 1 is 1.47 bits per heavy atom. The maximum atomic E-state index is 11.7. The Bertz CT molecular complexity index is 458. The van der Waals surface area contributed by atoms with Crippen LogP contribution in [0.3, 0.4) is 0 Å². The molecule has 5 heteroatoms. The van der Waals surface area contributed by atoms with Crippen LogP contribution < -0.4 is 10.9 Å². The summed E-state index contributed by atoms with van der Waals surface area (Å²) in [5.41, 5.74) is 0.0235. The lowest BCUT2D eigenvalue weighted by molar-refractivity contribution is 0.0942. The molecule has 2 unspecified atom stereocenters. The van der Waals surface area contributed by atoms with Gasteiger partial charge in [0.1, 0.15) is 5.69 Å². The normalized spacial score (nSPS) is 23.6. The number of pyridine rings is 1. The van der Waals surface area contributed by atoms with Crippen LogP contribution in [-0.4, -0.2) is 22.8 Å². The van der Waals surface area contributed by atoms with E-state index in [-0.39, 0.29) is 16.8 Å². The first-order valence-electron chi connectivity index (χ1n) is 5.78. The van der Waals surface area contributed by atoms with Gasteiger partial charge >= 0.3 is 0 Å². The predicted octanol–water partition coefficient (Wildman–Crippen LogP) is 1.51. The molecule has 1 amide bonds. The van der Waals surface area contributed by atoms with Crippen molar-refractivity contribution >= 4 is 17.5 Å². The van der Waals surface area contributed by atoms with Crippen molar-refractivity contribution in [2.75, 3.05) is 6.54 Å². The summed E-state index contributed by atoms with van der Waals surface area (Å²) in [6.45, 7) is 0.573. The Kier molecular flexibility index (Phi) is 3.84. The minimum Gasteiger partial charge on any atom is -0.350 e. The number of hydrogen-bond donors (Lipinski definition) is 2. The van der Waals surface area contributed by atoms with Crippen molar-refractivity contribution < 1.29 is 4.79 Å². The number of amides is 1. The topological polar surface area (TPSA) is 62.0 Å². The van der Waals surface area contributed by atoms with E-state index in [0.29, 0.717) is 18.2 Å². The molecule has 2 atom stereocenters. The van der Waals surface area contributed by atoms with Crippen LogP contribution in [0.1, 0.15) is 29.8 Å². The van der Waals surface area contributed by atoms with Gasteiger partial charge in [0, 0.05) is 18.0 Å². The molecule has 1 fully saturated rings. The minimum absolute atomic E-state index is 0.158. The highest BCUT2D eigenvalue weighted by atomic mass is 35.5. The van der Waals surface area contributed by atoms with Gasteiger partial charge < -0.3 is 10.3 Å². The van der Waals surface area contributed by atoms with Crippen molar-refractivity contribution in [2.24, 2.45) is 5.92 Å². The lowest BCUT2D eigenvalue weighted by Crippen LogP contribution is -2.32. The van der Waals surface area contributed by atoms with Gasteiger partial charge in [0.2, 0.25) is 5.56 Å². The van der Waals surface area contributed by atoms with Crippen molar-refractivity contribution in [2.45, 2.75) is 24.6 Å². The Labute approximate surface area is 104 Å². The van der Waals surface area contributed by atoms with Crippen LogP contribution in [0, 0.1) is 5.92 Å². The molecule has 2 N–H and O–H groups in total. The molecule has 0 aliphatic heterocycles. The molecule has 0 saturated heterocycles. The Morgan fingerprint density at radius 3 is 2.94 bits per heavy atom. The van der Waals surface area contributed by atoms with Crippen LogP contribution in [0.5, 0.6) is 0 Å². The van der Waals surface area contributed by atoms with E-state index in [1.165, 1.54) is 6.07 Å². The summed E-state index contributed by atoms with van der Waals surface area (Å²) < 4.78 is 0. The van der Waals surface area contributed by atoms with Gasteiger partial charge in [0.05, 0.1) is 0 Å². The Hall–Kier alpha value is -1.29. The number of alkyl halides is 1. The number of aromatic amines is 1. The highest BCUT2D eigenvalue weighted by Gasteiger charge is 2.25. The second-order valence-electron chi connectivity index (χ2n) is 4.35. The van der Waals surface area contributed by atoms with E-state index in [4.69, 9.17) is 11.6 Å². The Morgan fingerprint density at radius 2 is 2.29 bits per heavy atom. The molecule has 1 aromatic heterocycles. The molecule has 1 aliphatic carbocycles. The second kappa shape index (κ2) is 5.36. The van der Waals surface area contributed by atoms with Gasteiger partial charge in [-0.3, -0.25) is 9.59 Å². The quantitative estimate of drug-likeness (QED) is 0.804. The highest BCUT2D eigenvalue weighted by Crippen LogP contribution is 2.29. The van der Waals surface area contributed by atoms with Crippen molar-refractivity contribution in [1.82, 2.24) is 10.3 Å². The highest BCUT2D eigenvalue weighted by molar-refractivity contribution is 6.21. The third-order valence-electron chi connectivity index (χ3n) is 3.10. The van der Waals surface area contributed by atoms with Gasteiger partial charge in [0.15, 0.2) is 0 Å². The van der Waals surface area contributed by atoms with E-state index >= 15 is 0 Å². The lowest BCUT2D eigenvalue weighted by Gasteiger charge is -2.14.